The molecule has 4 aromatic rings. The monoisotopic (exact) mass is 619 g/mol. The molecule has 1 aliphatic heterocycles. The maximum absolute atomic E-state index is 11.7. The van der Waals surface area contributed by atoms with Gasteiger partial charge in [0.15, 0.2) is 6.54 Å². The smallest absolute Gasteiger partial charge is 0.265 e. The van der Waals surface area contributed by atoms with Crippen LogP contribution in [0, 0.1) is 0 Å². The lowest BCUT2D eigenvalue weighted by molar-refractivity contribution is -0.668. The third kappa shape index (κ3) is 6.14. The van der Waals surface area contributed by atoms with E-state index in [1.165, 1.54) is 18.7 Å². The van der Waals surface area contributed by atoms with Gasteiger partial charge in [0.2, 0.25) is 5.52 Å². The lowest BCUT2D eigenvalue weighted by atomic mass is 10.1. The molecule has 0 aliphatic carbocycles. The average Bonchev–Trinajstić information content (AvgIpc) is 3.43. The van der Waals surface area contributed by atoms with E-state index in [2.05, 4.69) is 4.57 Å². The van der Waals surface area contributed by atoms with E-state index in [0.717, 1.165) is 41.6 Å². The molecule has 0 saturated carbocycles. The van der Waals surface area contributed by atoms with E-state index >= 15 is 0 Å². The van der Waals surface area contributed by atoms with Gasteiger partial charge in [-0.15, -0.1) is 0 Å². The molecule has 3 aromatic carbocycles. The third-order valence-electron chi connectivity index (χ3n) is 6.83. The number of methoxy groups -OCH3 is 1. The van der Waals surface area contributed by atoms with Gasteiger partial charge in [-0.2, -0.15) is 4.57 Å². The zero-order valence-electron chi connectivity index (χ0n) is 21.8. The highest BCUT2D eigenvalue weighted by Gasteiger charge is 2.29. The van der Waals surface area contributed by atoms with Crippen LogP contribution in [0.2, 0.25) is 0 Å². The zero-order valence-corrected chi connectivity index (χ0v) is 25.0. The van der Waals surface area contributed by atoms with Gasteiger partial charge in [0.1, 0.15) is 10.4 Å². The number of anilines is 1. The third-order valence-corrected chi connectivity index (χ3v) is 11.0. The molecular formula is C27H27N2O7S4-. The number of nitrogens with zero attached hydrogens (tertiary/aromatic N) is 2. The van der Waals surface area contributed by atoms with E-state index in [1.54, 1.807) is 18.4 Å². The molecule has 0 fully saturated rings. The molecule has 5 rings (SSSR count). The Kier molecular flexibility index (Phi) is 8.15. The number of thiazole rings is 1. The first kappa shape index (κ1) is 28.8. The fourth-order valence-corrected chi connectivity index (χ4v) is 7.91. The summed E-state index contributed by atoms with van der Waals surface area (Å²) in [6, 6.07) is 17.7. The van der Waals surface area contributed by atoms with Crippen LogP contribution in [0.1, 0.15) is 24.8 Å². The molecule has 13 heteroatoms. The summed E-state index contributed by atoms with van der Waals surface area (Å²) in [6.07, 6.45) is 2.30. The van der Waals surface area contributed by atoms with Gasteiger partial charge in [-0.25, -0.2) is 16.8 Å². The molecule has 0 spiro atoms. The number of thioether (sulfide) groups is 1. The molecular weight excluding hydrogens is 593 g/mol. The van der Waals surface area contributed by atoms with Crippen LogP contribution in [0.5, 0.6) is 5.75 Å². The summed E-state index contributed by atoms with van der Waals surface area (Å²) >= 11 is 3.07. The highest BCUT2D eigenvalue weighted by Crippen LogP contribution is 2.48. The second-order valence-electron chi connectivity index (χ2n) is 9.50. The van der Waals surface area contributed by atoms with Gasteiger partial charge < -0.3 is 18.7 Å². The Hall–Kier alpha value is -2.68. The lowest BCUT2D eigenvalue weighted by Gasteiger charge is -2.21. The molecule has 1 aromatic heterocycles. The van der Waals surface area contributed by atoms with Crippen molar-refractivity contribution in [3.05, 3.63) is 64.6 Å². The van der Waals surface area contributed by atoms with E-state index in [9.17, 15) is 25.9 Å². The highest BCUT2D eigenvalue weighted by atomic mass is 32.2. The van der Waals surface area contributed by atoms with Gasteiger partial charge in [0.25, 0.3) is 5.01 Å². The predicted molar refractivity (Wildman–Crippen MR) is 157 cm³/mol. The van der Waals surface area contributed by atoms with Crippen molar-refractivity contribution < 1.29 is 35.2 Å². The standard InChI is InChI=1S/C27H28N2O7S4/c1-18(40(33,34)35)12-14-29-26(38-24-10-8-19-6-3-4-7-21(19)27(24)29)17-25-28(13-5-15-39(30,31)32)22-16-20(36-2)9-11-23(22)37-25/h3-4,6-11,16-18H,5,12-15H2,1-2H3,(H-,30,31,32,33,34,35)/p-1. The maximum atomic E-state index is 11.7. The number of aromatic nitrogens is 1. The number of hydrogen-bond donors (Lipinski definition) is 0. The number of benzene rings is 3. The Morgan fingerprint density at radius 3 is 2.58 bits per heavy atom. The van der Waals surface area contributed by atoms with E-state index in [-0.39, 0.29) is 12.8 Å². The highest BCUT2D eigenvalue weighted by molar-refractivity contribution is 8.04. The van der Waals surface area contributed by atoms with E-state index in [4.69, 9.17) is 4.74 Å². The molecule has 40 heavy (non-hydrogen) atoms. The largest absolute Gasteiger partial charge is 0.748 e. The van der Waals surface area contributed by atoms with Crippen LogP contribution in [0.4, 0.5) is 5.69 Å². The summed E-state index contributed by atoms with van der Waals surface area (Å²) in [5, 5.41) is 2.70. The molecule has 0 amide bonds. The minimum absolute atomic E-state index is 0.149. The lowest BCUT2D eigenvalue weighted by Crippen LogP contribution is -2.38. The summed E-state index contributed by atoms with van der Waals surface area (Å²) in [7, 11) is -7.22. The molecule has 0 bridgehead atoms. The van der Waals surface area contributed by atoms with Gasteiger partial charge >= 0.3 is 0 Å². The molecule has 1 unspecified atom stereocenters. The molecule has 212 valence electrons. The van der Waals surface area contributed by atoms with Crippen molar-refractivity contribution in [1.82, 2.24) is 0 Å². The van der Waals surface area contributed by atoms with Crippen molar-refractivity contribution in [2.45, 2.75) is 36.5 Å². The van der Waals surface area contributed by atoms with Gasteiger partial charge in [-0.1, -0.05) is 47.4 Å². The fraction of sp³-hybridized carbons (Fsp3) is 0.296. The van der Waals surface area contributed by atoms with Crippen molar-refractivity contribution in [3.63, 3.8) is 0 Å². The van der Waals surface area contributed by atoms with Crippen molar-refractivity contribution in [1.29, 1.82) is 0 Å². The average molecular weight is 620 g/mol. The van der Waals surface area contributed by atoms with Crippen LogP contribution in [0.3, 0.4) is 0 Å². The van der Waals surface area contributed by atoms with Gasteiger partial charge in [0.05, 0.1) is 54.8 Å². The Labute approximate surface area is 241 Å². The Morgan fingerprint density at radius 1 is 1.07 bits per heavy atom. The van der Waals surface area contributed by atoms with Crippen LogP contribution in [0.15, 0.2) is 64.5 Å². The molecule has 0 radical (unpaired) electrons. The minimum Gasteiger partial charge on any atom is -0.748 e. The number of aryl methyl sites for hydroxylation is 1. The molecule has 0 saturated heterocycles. The summed E-state index contributed by atoms with van der Waals surface area (Å²) in [5.41, 5.74) is 1.81. The van der Waals surface area contributed by atoms with Crippen LogP contribution in [-0.2, 0) is 26.8 Å². The number of fused-ring (bicyclic) bond motifs is 4. The molecule has 1 atom stereocenters. The first-order chi connectivity index (χ1) is 18.9. The summed E-state index contributed by atoms with van der Waals surface area (Å²) in [5.74, 6) is 0.176. The number of rotatable bonds is 10. The predicted octanol–water partition coefficient (Wildman–Crippen LogP) is 4.52. The topological polar surface area (TPSA) is 131 Å². The summed E-state index contributed by atoms with van der Waals surface area (Å²) < 4.78 is 77.3. The molecule has 1 aliphatic rings. The number of hydrogen-bond acceptors (Lipinski definition) is 10. The van der Waals surface area contributed by atoms with E-state index in [1.807, 2.05) is 65.6 Å². The van der Waals surface area contributed by atoms with E-state index in [0.29, 0.717) is 18.8 Å². The van der Waals surface area contributed by atoms with Crippen molar-refractivity contribution in [2.24, 2.45) is 0 Å². The molecule has 9 nitrogen and oxygen atoms in total. The van der Waals surface area contributed by atoms with E-state index < -0.39 is 31.2 Å². The van der Waals surface area contributed by atoms with Gasteiger partial charge in [-0.3, -0.25) is 0 Å². The summed E-state index contributed by atoms with van der Waals surface area (Å²) in [6.45, 7) is 2.05. The van der Waals surface area contributed by atoms with Gasteiger partial charge in [0, 0.05) is 29.7 Å². The molecule has 2 heterocycles. The Bertz CT molecular complexity index is 1830. The zero-order chi connectivity index (χ0) is 28.7. The first-order valence-corrected chi connectivity index (χ1v) is 17.2. The minimum atomic E-state index is -4.44. The normalized spacial score (nSPS) is 15.7. The van der Waals surface area contributed by atoms with Gasteiger partial charge in [-0.05, 0) is 43.0 Å². The van der Waals surface area contributed by atoms with Crippen molar-refractivity contribution >= 4 is 76.1 Å². The van der Waals surface area contributed by atoms with Crippen LogP contribution in [-0.4, -0.2) is 50.6 Å². The quantitative estimate of drug-likeness (QED) is 0.186. The van der Waals surface area contributed by atoms with Crippen molar-refractivity contribution in [2.75, 3.05) is 24.3 Å². The summed E-state index contributed by atoms with van der Waals surface area (Å²) in [4.78, 5) is 2.94. The number of ether oxygens (including phenoxy) is 1. The molecule has 0 N–H and O–H groups in total. The first-order valence-electron chi connectivity index (χ1n) is 12.5. The Morgan fingerprint density at radius 2 is 1.85 bits per heavy atom. The second kappa shape index (κ2) is 11.3. The Balaban J connectivity index is 1.62. The SMILES string of the molecule is COc1ccc2c(c1)N(CCCS(=O)(=O)[O-])/C(=C/c1sc3ccc4ccccc4c3[n+]1CCC(C)S(=O)(=O)[O-])S2. The van der Waals surface area contributed by atoms with Crippen molar-refractivity contribution in [3.8, 4) is 5.75 Å². The van der Waals surface area contributed by atoms with Crippen LogP contribution < -0.4 is 14.2 Å². The second-order valence-corrected chi connectivity index (χ2v) is 14.9. The van der Waals surface area contributed by atoms with Crippen LogP contribution >= 0.6 is 23.1 Å². The maximum Gasteiger partial charge on any atom is 0.265 e. The fourth-order valence-electron chi connectivity index (χ4n) is 4.71. The van der Waals surface area contributed by atoms with Crippen LogP contribution in [0.25, 0.3) is 27.1 Å².